The predicted molar refractivity (Wildman–Crippen MR) is 80.8 cm³/mol. The molecule has 108 valence electrons. The third-order valence-electron chi connectivity index (χ3n) is 3.33. The fourth-order valence-electron chi connectivity index (χ4n) is 2.32. The molecule has 0 unspecified atom stereocenters. The van der Waals surface area contributed by atoms with Crippen molar-refractivity contribution in [1.82, 2.24) is 5.16 Å². The Labute approximate surface area is 119 Å². The first-order valence-electron chi connectivity index (χ1n) is 6.98. The fourth-order valence-corrected chi connectivity index (χ4v) is 2.32. The number of nitrogens with zero attached hydrogens (tertiary/aromatic N) is 1. The van der Waals surface area contributed by atoms with Gasteiger partial charge in [-0.1, -0.05) is 32.0 Å². The molecule has 0 fully saturated rings. The first-order chi connectivity index (χ1) is 9.56. The highest BCUT2D eigenvalue weighted by atomic mass is 16.5. The van der Waals surface area contributed by atoms with Crippen LogP contribution in [0.5, 0.6) is 5.75 Å². The number of nitrogens with two attached hydrogens (primary N) is 1. The van der Waals surface area contributed by atoms with E-state index in [1.807, 2.05) is 6.07 Å². The van der Waals surface area contributed by atoms with Gasteiger partial charge in [0, 0.05) is 5.56 Å². The zero-order chi connectivity index (χ0) is 14.7. The average Bonchev–Trinajstić information content (AvgIpc) is 2.78. The molecule has 4 heteroatoms. The molecule has 0 amide bonds. The molecule has 2 aromatic rings. The van der Waals surface area contributed by atoms with Gasteiger partial charge in [0.1, 0.15) is 5.75 Å². The Morgan fingerprint density at radius 3 is 2.70 bits per heavy atom. The minimum absolute atomic E-state index is 0.354. The molecule has 0 radical (unpaired) electrons. The molecule has 0 aliphatic carbocycles. The van der Waals surface area contributed by atoms with E-state index >= 15 is 0 Å². The van der Waals surface area contributed by atoms with E-state index in [4.69, 9.17) is 15.0 Å². The largest absolute Gasteiger partial charge is 0.496 e. The van der Waals surface area contributed by atoms with Crippen molar-refractivity contribution in [2.75, 3.05) is 12.8 Å². The lowest BCUT2D eigenvalue weighted by atomic mass is 9.97. The normalized spacial score (nSPS) is 11.1. The highest BCUT2D eigenvalue weighted by Crippen LogP contribution is 2.38. The van der Waals surface area contributed by atoms with Crippen LogP contribution in [0.1, 0.15) is 32.0 Å². The van der Waals surface area contributed by atoms with Crippen molar-refractivity contribution in [1.29, 1.82) is 0 Å². The molecule has 2 rings (SSSR count). The van der Waals surface area contributed by atoms with Crippen LogP contribution in [0.3, 0.4) is 0 Å². The van der Waals surface area contributed by atoms with Gasteiger partial charge in [-0.25, -0.2) is 0 Å². The molecule has 0 bridgehead atoms. The monoisotopic (exact) mass is 274 g/mol. The van der Waals surface area contributed by atoms with Crippen LogP contribution in [0.25, 0.3) is 11.1 Å². The van der Waals surface area contributed by atoms with Crippen LogP contribution in [0.2, 0.25) is 0 Å². The second-order valence-corrected chi connectivity index (χ2v) is 5.35. The summed E-state index contributed by atoms with van der Waals surface area (Å²) < 4.78 is 10.7. The highest BCUT2D eigenvalue weighted by molar-refractivity contribution is 5.80. The van der Waals surface area contributed by atoms with Crippen LogP contribution in [0, 0.1) is 5.92 Å². The number of anilines is 1. The topological polar surface area (TPSA) is 61.3 Å². The van der Waals surface area contributed by atoms with Crippen molar-refractivity contribution in [3.63, 3.8) is 0 Å². The number of hydrogen-bond donors (Lipinski definition) is 1. The van der Waals surface area contributed by atoms with Gasteiger partial charge >= 0.3 is 0 Å². The summed E-state index contributed by atoms with van der Waals surface area (Å²) in [6, 6.07) is 6.14. The van der Waals surface area contributed by atoms with Gasteiger partial charge in [0.05, 0.1) is 18.4 Å². The Bertz CT molecular complexity index is 588. The fraction of sp³-hybridized carbons (Fsp3) is 0.438. The van der Waals surface area contributed by atoms with Crippen molar-refractivity contribution >= 4 is 5.88 Å². The molecular formula is C16H22N2O2. The maximum Gasteiger partial charge on any atom is 0.230 e. The van der Waals surface area contributed by atoms with E-state index in [1.54, 1.807) is 7.11 Å². The summed E-state index contributed by atoms with van der Waals surface area (Å²) in [7, 11) is 1.66. The Morgan fingerprint density at radius 2 is 2.10 bits per heavy atom. The number of rotatable bonds is 5. The molecule has 0 spiro atoms. The maximum absolute atomic E-state index is 5.98. The van der Waals surface area contributed by atoms with Crippen LogP contribution >= 0.6 is 0 Å². The Morgan fingerprint density at radius 1 is 1.35 bits per heavy atom. The SMILES string of the molecule is CCc1ccc(OC)c(-c2c(CC(C)C)noc2N)c1. The molecule has 0 aliphatic heterocycles. The van der Waals surface area contributed by atoms with E-state index in [9.17, 15) is 0 Å². The van der Waals surface area contributed by atoms with E-state index < -0.39 is 0 Å². The van der Waals surface area contributed by atoms with Crippen LogP contribution in [0.4, 0.5) is 5.88 Å². The summed E-state index contributed by atoms with van der Waals surface area (Å²) in [5.41, 5.74) is 9.93. The molecular weight excluding hydrogens is 252 g/mol. The molecule has 4 nitrogen and oxygen atoms in total. The molecule has 0 saturated carbocycles. The first-order valence-corrected chi connectivity index (χ1v) is 6.98. The second kappa shape index (κ2) is 5.99. The zero-order valence-electron chi connectivity index (χ0n) is 12.6. The molecule has 1 aromatic heterocycles. The number of nitrogen functional groups attached to an aromatic ring is 1. The van der Waals surface area contributed by atoms with Gasteiger partial charge in [0.25, 0.3) is 0 Å². The zero-order valence-corrected chi connectivity index (χ0v) is 12.6. The maximum atomic E-state index is 5.98. The van der Waals surface area contributed by atoms with Gasteiger partial charge in [0.15, 0.2) is 0 Å². The number of ether oxygens (including phenoxy) is 1. The standard InChI is InChI=1S/C16H22N2O2/c1-5-11-6-7-14(19-4)12(9-11)15-13(8-10(2)3)18-20-16(15)17/h6-7,9-10H,5,8,17H2,1-4H3. The van der Waals surface area contributed by atoms with Gasteiger partial charge in [-0.15, -0.1) is 0 Å². The predicted octanol–water partition coefficient (Wildman–Crippen LogP) is 3.69. The number of aryl methyl sites for hydroxylation is 1. The summed E-state index contributed by atoms with van der Waals surface area (Å²) in [5, 5.41) is 4.11. The summed E-state index contributed by atoms with van der Waals surface area (Å²) in [4.78, 5) is 0. The average molecular weight is 274 g/mol. The lowest BCUT2D eigenvalue weighted by Crippen LogP contribution is -1.99. The molecule has 2 N–H and O–H groups in total. The van der Waals surface area contributed by atoms with Crippen LogP contribution in [-0.2, 0) is 12.8 Å². The minimum atomic E-state index is 0.354. The Balaban J connectivity index is 2.57. The van der Waals surface area contributed by atoms with Crippen LogP contribution in [-0.4, -0.2) is 12.3 Å². The summed E-state index contributed by atoms with van der Waals surface area (Å²) in [6.07, 6.45) is 1.79. The lowest BCUT2D eigenvalue weighted by Gasteiger charge is -2.11. The summed E-state index contributed by atoms with van der Waals surface area (Å²) in [6.45, 7) is 6.42. The number of methoxy groups -OCH3 is 1. The molecule has 1 aromatic carbocycles. The van der Waals surface area contributed by atoms with Crippen molar-refractivity contribution in [3.05, 3.63) is 29.5 Å². The van der Waals surface area contributed by atoms with Crippen molar-refractivity contribution < 1.29 is 9.26 Å². The smallest absolute Gasteiger partial charge is 0.230 e. The van der Waals surface area contributed by atoms with Gasteiger partial charge in [-0.05, 0) is 36.5 Å². The quantitative estimate of drug-likeness (QED) is 0.903. The van der Waals surface area contributed by atoms with Gasteiger partial charge in [-0.2, -0.15) is 0 Å². The summed E-state index contributed by atoms with van der Waals surface area (Å²) >= 11 is 0. The summed E-state index contributed by atoms with van der Waals surface area (Å²) in [5.74, 6) is 1.63. The third kappa shape index (κ3) is 2.79. The number of benzene rings is 1. The van der Waals surface area contributed by atoms with Crippen molar-refractivity contribution in [3.8, 4) is 16.9 Å². The number of hydrogen-bond acceptors (Lipinski definition) is 4. The lowest BCUT2D eigenvalue weighted by molar-refractivity contribution is 0.416. The molecule has 1 heterocycles. The van der Waals surface area contributed by atoms with Gasteiger partial charge in [0.2, 0.25) is 5.88 Å². The second-order valence-electron chi connectivity index (χ2n) is 5.35. The van der Waals surface area contributed by atoms with E-state index in [1.165, 1.54) is 5.56 Å². The van der Waals surface area contributed by atoms with Crippen molar-refractivity contribution in [2.24, 2.45) is 5.92 Å². The van der Waals surface area contributed by atoms with E-state index in [0.717, 1.165) is 35.4 Å². The minimum Gasteiger partial charge on any atom is -0.496 e. The third-order valence-corrected chi connectivity index (χ3v) is 3.33. The molecule has 0 aliphatic rings. The molecule has 20 heavy (non-hydrogen) atoms. The van der Waals surface area contributed by atoms with Crippen LogP contribution in [0.15, 0.2) is 22.7 Å². The first kappa shape index (κ1) is 14.4. The van der Waals surface area contributed by atoms with Crippen LogP contribution < -0.4 is 10.5 Å². The highest BCUT2D eigenvalue weighted by Gasteiger charge is 2.20. The molecule has 0 atom stereocenters. The Kier molecular flexibility index (Phi) is 4.32. The van der Waals surface area contributed by atoms with Gasteiger partial charge in [-0.3, -0.25) is 0 Å². The molecule has 0 saturated heterocycles. The van der Waals surface area contributed by atoms with Crippen molar-refractivity contribution in [2.45, 2.75) is 33.6 Å². The van der Waals surface area contributed by atoms with E-state index in [-0.39, 0.29) is 0 Å². The number of aromatic nitrogens is 1. The van der Waals surface area contributed by atoms with E-state index in [0.29, 0.717) is 11.8 Å². The Hall–Kier alpha value is -1.97. The van der Waals surface area contributed by atoms with Gasteiger partial charge < -0.3 is 15.0 Å². The van der Waals surface area contributed by atoms with E-state index in [2.05, 4.69) is 38.1 Å².